The van der Waals surface area contributed by atoms with E-state index in [4.69, 9.17) is 9.84 Å². The van der Waals surface area contributed by atoms with Gasteiger partial charge in [-0.1, -0.05) is 90.9 Å². The second-order valence-electron chi connectivity index (χ2n) is 6.03. The summed E-state index contributed by atoms with van der Waals surface area (Å²) in [6, 6.07) is 0. The summed E-state index contributed by atoms with van der Waals surface area (Å²) < 4.78 is 5.45. The molecule has 0 aromatic heterocycles. The molecule has 0 aliphatic carbocycles. The van der Waals surface area contributed by atoms with Crippen LogP contribution in [0.25, 0.3) is 0 Å². The third kappa shape index (κ3) is 14.3. The zero-order valence-electron chi connectivity index (χ0n) is 14.0. The fraction of sp³-hybridized carbons (Fsp3) is 1.00. The van der Waals surface area contributed by atoms with Crippen LogP contribution in [0.3, 0.4) is 0 Å². The zero-order chi connectivity index (χ0) is 14.9. The van der Waals surface area contributed by atoms with E-state index in [2.05, 4.69) is 13.8 Å². The molecule has 0 aromatic rings. The topological polar surface area (TPSA) is 29.5 Å². The highest BCUT2D eigenvalue weighted by Crippen LogP contribution is 2.16. The monoisotopic (exact) mass is 286 g/mol. The van der Waals surface area contributed by atoms with Gasteiger partial charge in [0, 0.05) is 0 Å². The molecule has 0 fully saturated rings. The lowest BCUT2D eigenvalue weighted by Gasteiger charge is -2.16. The Morgan fingerprint density at radius 1 is 0.650 bits per heavy atom. The molecule has 1 N–H and O–H groups in total. The molecular formula is C18H38O2. The van der Waals surface area contributed by atoms with Crippen LogP contribution in [0.5, 0.6) is 0 Å². The van der Waals surface area contributed by atoms with Crippen molar-refractivity contribution < 1.29 is 9.84 Å². The van der Waals surface area contributed by atoms with Crippen molar-refractivity contribution in [1.82, 2.24) is 0 Å². The molecule has 2 nitrogen and oxygen atoms in total. The van der Waals surface area contributed by atoms with Gasteiger partial charge in [-0.2, -0.15) is 0 Å². The molecule has 0 aliphatic rings. The van der Waals surface area contributed by atoms with Crippen LogP contribution < -0.4 is 0 Å². The first-order chi connectivity index (χ1) is 9.85. The van der Waals surface area contributed by atoms with Crippen molar-refractivity contribution >= 4 is 0 Å². The fourth-order valence-electron chi connectivity index (χ4n) is 2.72. The maximum absolute atomic E-state index is 8.96. The first-order valence-electron chi connectivity index (χ1n) is 9.07. The van der Waals surface area contributed by atoms with E-state index in [9.17, 15) is 0 Å². The predicted molar refractivity (Wildman–Crippen MR) is 87.9 cm³/mol. The minimum absolute atomic E-state index is 0.115. The average Bonchev–Trinajstić information content (AvgIpc) is 2.46. The summed E-state index contributed by atoms with van der Waals surface area (Å²) in [7, 11) is 0. The van der Waals surface area contributed by atoms with E-state index in [-0.39, 0.29) is 12.9 Å². The van der Waals surface area contributed by atoms with Crippen LogP contribution in [0.15, 0.2) is 0 Å². The zero-order valence-corrected chi connectivity index (χ0v) is 14.0. The molecule has 0 saturated carbocycles. The minimum Gasteiger partial charge on any atom is -0.371 e. The molecule has 2 heteroatoms. The van der Waals surface area contributed by atoms with Gasteiger partial charge >= 0.3 is 0 Å². The number of ether oxygens (including phenoxy) is 1. The molecule has 20 heavy (non-hydrogen) atoms. The Hall–Kier alpha value is -0.0800. The van der Waals surface area contributed by atoms with Crippen LogP contribution in [-0.2, 0) is 4.74 Å². The van der Waals surface area contributed by atoms with E-state index in [1.807, 2.05) is 0 Å². The van der Waals surface area contributed by atoms with Crippen LogP contribution in [0.2, 0.25) is 0 Å². The van der Waals surface area contributed by atoms with Gasteiger partial charge in [0.15, 0.2) is 0 Å². The summed E-state index contributed by atoms with van der Waals surface area (Å²) in [6.07, 6.45) is 18.5. The van der Waals surface area contributed by atoms with E-state index >= 15 is 0 Å². The Balaban J connectivity index is 3.45. The normalized spacial score (nSPS) is 11.4. The van der Waals surface area contributed by atoms with E-state index in [0.717, 1.165) is 12.8 Å². The molecule has 0 aliphatic heterocycles. The van der Waals surface area contributed by atoms with Gasteiger partial charge in [-0.25, -0.2) is 0 Å². The Labute approximate surface area is 127 Å². The average molecular weight is 286 g/mol. The van der Waals surface area contributed by atoms with Crippen LogP contribution in [-0.4, -0.2) is 18.0 Å². The summed E-state index contributed by atoms with van der Waals surface area (Å²) >= 11 is 0. The maximum Gasteiger partial charge on any atom is 0.143 e. The van der Waals surface area contributed by atoms with Crippen molar-refractivity contribution in [3.63, 3.8) is 0 Å². The maximum atomic E-state index is 8.96. The molecule has 0 rings (SSSR count). The van der Waals surface area contributed by atoms with Gasteiger partial charge in [0.1, 0.15) is 6.79 Å². The molecule has 0 radical (unpaired) electrons. The quantitative estimate of drug-likeness (QED) is 0.286. The molecule has 0 spiro atoms. The number of hydrogen-bond acceptors (Lipinski definition) is 2. The Morgan fingerprint density at radius 3 is 1.45 bits per heavy atom. The highest BCUT2D eigenvalue weighted by atomic mass is 16.6. The van der Waals surface area contributed by atoms with E-state index in [1.54, 1.807) is 0 Å². The lowest BCUT2D eigenvalue weighted by Crippen LogP contribution is -2.13. The lowest BCUT2D eigenvalue weighted by molar-refractivity contribution is -0.0572. The summed E-state index contributed by atoms with van der Waals surface area (Å²) in [6.45, 7) is 4.40. The number of unbranched alkanes of at least 4 members (excludes halogenated alkanes) is 10. The molecule has 122 valence electrons. The number of rotatable bonds is 16. The summed E-state index contributed by atoms with van der Waals surface area (Å²) in [5, 5.41) is 8.96. The Morgan fingerprint density at radius 2 is 1.05 bits per heavy atom. The molecule has 0 amide bonds. The lowest BCUT2D eigenvalue weighted by atomic mass is 10.0. The van der Waals surface area contributed by atoms with Crippen molar-refractivity contribution in [1.29, 1.82) is 0 Å². The van der Waals surface area contributed by atoms with E-state index < -0.39 is 0 Å². The Kier molecular flexibility index (Phi) is 16.9. The van der Waals surface area contributed by atoms with Gasteiger partial charge in [-0.3, -0.25) is 0 Å². The van der Waals surface area contributed by atoms with Crippen molar-refractivity contribution in [3.05, 3.63) is 0 Å². The highest BCUT2D eigenvalue weighted by Gasteiger charge is 2.08. The van der Waals surface area contributed by atoms with Gasteiger partial charge in [0.25, 0.3) is 0 Å². The summed E-state index contributed by atoms with van der Waals surface area (Å²) in [5.74, 6) is 0. The molecule has 0 heterocycles. The second-order valence-corrected chi connectivity index (χ2v) is 6.03. The molecule has 0 atom stereocenters. The molecule has 0 bridgehead atoms. The third-order valence-electron chi connectivity index (χ3n) is 4.07. The van der Waals surface area contributed by atoms with Crippen LogP contribution in [0.1, 0.15) is 104 Å². The van der Waals surface area contributed by atoms with Crippen LogP contribution >= 0.6 is 0 Å². The van der Waals surface area contributed by atoms with Crippen molar-refractivity contribution in [2.24, 2.45) is 0 Å². The van der Waals surface area contributed by atoms with Crippen molar-refractivity contribution in [2.45, 2.75) is 110 Å². The van der Waals surface area contributed by atoms with Crippen molar-refractivity contribution in [3.8, 4) is 0 Å². The predicted octanol–water partition coefficient (Wildman–Crippen LogP) is 5.82. The number of aliphatic hydroxyl groups excluding tert-OH is 1. The molecule has 0 saturated heterocycles. The highest BCUT2D eigenvalue weighted by molar-refractivity contribution is 4.59. The van der Waals surface area contributed by atoms with Gasteiger partial charge in [0.05, 0.1) is 6.10 Å². The fourth-order valence-corrected chi connectivity index (χ4v) is 2.72. The number of hydrogen-bond donors (Lipinski definition) is 1. The molecule has 0 aromatic carbocycles. The Bertz CT molecular complexity index is 155. The first kappa shape index (κ1) is 19.9. The van der Waals surface area contributed by atoms with Gasteiger partial charge < -0.3 is 9.84 Å². The largest absolute Gasteiger partial charge is 0.371 e. The summed E-state index contributed by atoms with van der Waals surface area (Å²) in [5.41, 5.74) is 0. The smallest absolute Gasteiger partial charge is 0.143 e. The SMILES string of the molecule is CCCCCCCCC(CCCCCCCC)OCO. The molecule has 0 unspecified atom stereocenters. The minimum atomic E-state index is -0.115. The number of aliphatic hydroxyl groups is 1. The summed E-state index contributed by atoms with van der Waals surface area (Å²) in [4.78, 5) is 0. The first-order valence-corrected chi connectivity index (χ1v) is 9.07. The van der Waals surface area contributed by atoms with Crippen LogP contribution in [0, 0.1) is 0 Å². The van der Waals surface area contributed by atoms with Gasteiger partial charge in [0.2, 0.25) is 0 Å². The third-order valence-corrected chi connectivity index (χ3v) is 4.07. The second kappa shape index (κ2) is 17.0. The van der Waals surface area contributed by atoms with Crippen LogP contribution in [0.4, 0.5) is 0 Å². The van der Waals surface area contributed by atoms with Crippen molar-refractivity contribution in [2.75, 3.05) is 6.79 Å². The van der Waals surface area contributed by atoms with E-state index in [1.165, 1.54) is 77.0 Å². The van der Waals surface area contributed by atoms with E-state index in [0.29, 0.717) is 0 Å². The molecular weight excluding hydrogens is 248 g/mol. The standard InChI is InChI=1S/C18H38O2/c1-3-5-7-9-11-13-15-18(20-17-19)16-14-12-10-8-6-4-2/h18-19H,3-17H2,1-2H3. The van der Waals surface area contributed by atoms with Gasteiger partial charge in [-0.15, -0.1) is 0 Å². The van der Waals surface area contributed by atoms with Gasteiger partial charge in [-0.05, 0) is 12.8 Å².